The summed E-state index contributed by atoms with van der Waals surface area (Å²) < 4.78 is 10.9. The maximum atomic E-state index is 11.2. The molecule has 0 spiro atoms. The number of hydrogen-bond donors (Lipinski definition) is 1. The summed E-state index contributed by atoms with van der Waals surface area (Å²) in [5.41, 5.74) is 2.33. The lowest BCUT2D eigenvalue weighted by Crippen LogP contribution is -2.32. The van der Waals surface area contributed by atoms with Gasteiger partial charge in [-0.25, -0.2) is 4.98 Å². The van der Waals surface area contributed by atoms with Crippen molar-refractivity contribution in [1.29, 1.82) is 0 Å². The summed E-state index contributed by atoms with van der Waals surface area (Å²) in [6, 6.07) is 6.42. The Hall–Kier alpha value is -2.12. The third-order valence-electron chi connectivity index (χ3n) is 4.47. The van der Waals surface area contributed by atoms with Crippen LogP contribution in [0, 0.1) is 0 Å². The maximum Gasteiger partial charge on any atom is 0.231 e. The quantitative estimate of drug-likeness (QED) is 0.927. The number of rotatable bonds is 3. The number of fused-ring (bicyclic) bond motifs is 2. The van der Waals surface area contributed by atoms with Crippen molar-refractivity contribution < 1.29 is 14.3 Å². The fourth-order valence-corrected chi connectivity index (χ4v) is 4.21. The maximum absolute atomic E-state index is 11.2. The summed E-state index contributed by atoms with van der Waals surface area (Å²) in [6.45, 7) is 5.81. The second kappa shape index (κ2) is 6.07. The number of nitrogens with zero attached hydrogens (tertiary/aromatic N) is 2. The Morgan fingerprint density at radius 3 is 3.04 bits per heavy atom. The minimum absolute atomic E-state index is 0.0771. The zero-order valence-electron chi connectivity index (χ0n) is 13.7. The van der Waals surface area contributed by atoms with Crippen molar-refractivity contribution in [2.24, 2.45) is 0 Å². The molecule has 2 aliphatic heterocycles. The Kier molecular flexibility index (Phi) is 3.90. The van der Waals surface area contributed by atoms with Crippen LogP contribution in [0.3, 0.4) is 0 Å². The molecule has 0 bridgehead atoms. The largest absolute Gasteiger partial charge is 0.454 e. The van der Waals surface area contributed by atoms with E-state index in [9.17, 15) is 4.79 Å². The van der Waals surface area contributed by atoms with E-state index in [1.165, 1.54) is 17.4 Å². The molecule has 1 aromatic heterocycles. The first kappa shape index (κ1) is 15.4. The minimum atomic E-state index is -0.0771. The Morgan fingerprint density at radius 2 is 2.21 bits per heavy atom. The van der Waals surface area contributed by atoms with Crippen LogP contribution in [0.15, 0.2) is 18.2 Å². The number of amides is 1. The second-order valence-electron chi connectivity index (χ2n) is 6.08. The Labute approximate surface area is 144 Å². The number of carbonyl (C=O) groups is 1. The van der Waals surface area contributed by atoms with Crippen LogP contribution in [0.1, 0.15) is 36.0 Å². The molecule has 0 radical (unpaired) electrons. The van der Waals surface area contributed by atoms with Crippen molar-refractivity contribution in [3.05, 3.63) is 34.3 Å². The van der Waals surface area contributed by atoms with Gasteiger partial charge in [-0.15, -0.1) is 11.3 Å². The van der Waals surface area contributed by atoms with Crippen molar-refractivity contribution >= 4 is 22.4 Å². The second-order valence-corrected chi connectivity index (χ2v) is 7.16. The van der Waals surface area contributed by atoms with E-state index in [2.05, 4.69) is 34.3 Å². The van der Waals surface area contributed by atoms with Gasteiger partial charge < -0.3 is 14.8 Å². The van der Waals surface area contributed by atoms with Crippen molar-refractivity contribution in [2.75, 3.05) is 18.7 Å². The lowest BCUT2D eigenvalue weighted by Gasteiger charge is -2.32. The molecule has 2 aromatic rings. The topological polar surface area (TPSA) is 63.7 Å². The molecule has 6 nitrogen and oxygen atoms in total. The zero-order valence-corrected chi connectivity index (χ0v) is 14.5. The van der Waals surface area contributed by atoms with E-state index in [4.69, 9.17) is 9.47 Å². The minimum Gasteiger partial charge on any atom is -0.454 e. The molecular weight excluding hydrogens is 326 g/mol. The van der Waals surface area contributed by atoms with E-state index in [1.807, 2.05) is 6.07 Å². The van der Waals surface area contributed by atoms with E-state index in [0.29, 0.717) is 11.9 Å². The molecule has 1 amide bonds. The SMILES string of the molecule is CC(=O)Nc1nc2c(s1)CN([C@@H](C)c1ccc3c(c1)OCO3)CC2. The highest BCUT2D eigenvalue weighted by Crippen LogP contribution is 2.37. The number of nitrogens with one attached hydrogen (secondary N) is 1. The third kappa shape index (κ3) is 2.85. The molecule has 0 unspecified atom stereocenters. The first-order valence-corrected chi connectivity index (χ1v) is 8.81. The molecule has 0 aliphatic carbocycles. The number of thiazole rings is 1. The fourth-order valence-electron chi connectivity index (χ4n) is 3.13. The standard InChI is InChI=1S/C17H19N3O3S/c1-10(12-3-4-14-15(7-12)23-9-22-14)20-6-5-13-16(8-20)24-17(19-13)18-11(2)21/h3-4,7,10H,5-6,8-9H2,1-2H3,(H,18,19,21)/t10-/m0/s1. The molecule has 4 rings (SSSR count). The Morgan fingerprint density at radius 1 is 1.38 bits per heavy atom. The van der Waals surface area contributed by atoms with Crippen LogP contribution in [-0.4, -0.2) is 29.1 Å². The van der Waals surface area contributed by atoms with Gasteiger partial charge in [0.05, 0.1) is 5.69 Å². The predicted octanol–water partition coefficient (Wildman–Crippen LogP) is 2.95. The van der Waals surface area contributed by atoms with Crippen molar-refractivity contribution in [2.45, 2.75) is 32.9 Å². The van der Waals surface area contributed by atoms with Gasteiger partial charge in [-0.2, -0.15) is 0 Å². The van der Waals surface area contributed by atoms with Crippen LogP contribution in [0.4, 0.5) is 5.13 Å². The van der Waals surface area contributed by atoms with Gasteiger partial charge in [0.15, 0.2) is 16.6 Å². The van der Waals surface area contributed by atoms with Crippen molar-refractivity contribution in [3.8, 4) is 11.5 Å². The summed E-state index contributed by atoms with van der Waals surface area (Å²) in [4.78, 5) is 19.4. The van der Waals surface area contributed by atoms with E-state index >= 15 is 0 Å². The first-order chi connectivity index (χ1) is 11.6. The number of benzene rings is 1. The van der Waals surface area contributed by atoms with Crippen LogP contribution < -0.4 is 14.8 Å². The molecule has 126 valence electrons. The molecular formula is C17H19N3O3S. The van der Waals surface area contributed by atoms with Gasteiger partial charge in [0, 0.05) is 37.4 Å². The number of hydrogen-bond acceptors (Lipinski definition) is 6. The van der Waals surface area contributed by atoms with Crippen LogP contribution in [0.25, 0.3) is 0 Å². The van der Waals surface area contributed by atoms with Crippen LogP contribution in [0.5, 0.6) is 11.5 Å². The highest BCUT2D eigenvalue weighted by molar-refractivity contribution is 7.15. The molecule has 24 heavy (non-hydrogen) atoms. The summed E-state index contributed by atoms with van der Waals surface area (Å²) in [7, 11) is 0. The van der Waals surface area contributed by atoms with E-state index in [-0.39, 0.29) is 11.9 Å². The van der Waals surface area contributed by atoms with Crippen LogP contribution in [-0.2, 0) is 17.8 Å². The van der Waals surface area contributed by atoms with E-state index < -0.39 is 0 Å². The molecule has 1 aromatic carbocycles. The lowest BCUT2D eigenvalue weighted by molar-refractivity contribution is -0.114. The molecule has 0 fully saturated rings. The highest BCUT2D eigenvalue weighted by Gasteiger charge is 2.26. The number of carbonyl (C=O) groups excluding carboxylic acids is 1. The van der Waals surface area contributed by atoms with Crippen molar-refractivity contribution in [1.82, 2.24) is 9.88 Å². The van der Waals surface area contributed by atoms with Gasteiger partial charge in [-0.3, -0.25) is 9.69 Å². The van der Waals surface area contributed by atoms with E-state index in [0.717, 1.165) is 36.7 Å². The first-order valence-electron chi connectivity index (χ1n) is 8.00. The number of aromatic nitrogens is 1. The molecule has 7 heteroatoms. The van der Waals surface area contributed by atoms with Gasteiger partial charge in [-0.05, 0) is 24.6 Å². The number of anilines is 1. The molecule has 0 saturated carbocycles. The van der Waals surface area contributed by atoms with Crippen molar-refractivity contribution in [3.63, 3.8) is 0 Å². The molecule has 3 heterocycles. The average molecular weight is 345 g/mol. The highest BCUT2D eigenvalue weighted by atomic mass is 32.1. The van der Waals surface area contributed by atoms with Gasteiger partial charge in [0.1, 0.15) is 0 Å². The smallest absolute Gasteiger partial charge is 0.231 e. The normalized spacial score (nSPS) is 17.4. The number of ether oxygens (including phenoxy) is 2. The molecule has 2 aliphatic rings. The Balaban J connectivity index is 1.51. The van der Waals surface area contributed by atoms with Gasteiger partial charge in [0.25, 0.3) is 0 Å². The predicted molar refractivity (Wildman–Crippen MR) is 91.5 cm³/mol. The van der Waals surface area contributed by atoms with Gasteiger partial charge in [0.2, 0.25) is 12.7 Å². The van der Waals surface area contributed by atoms with Gasteiger partial charge in [-0.1, -0.05) is 6.07 Å². The van der Waals surface area contributed by atoms with Crippen LogP contribution >= 0.6 is 11.3 Å². The van der Waals surface area contributed by atoms with E-state index in [1.54, 1.807) is 11.3 Å². The zero-order chi connectivity index (χ0) is 16.7. The average Bonchev–Trinajstić information content (AvgIpc) is 3.17. The lowest BCUT2D eigenvalue weighted by atomic mass is 10.0. The molecule has 0 saturated heterocycles. The van der Waals surface area contributed by atoms with Gasteiger partial charge >= 0.3 is 0 Å². The Bertz CT molecular complexity index is 789. The summed E-state index contributed by atoms with van der Waals surface area (Å²) >= 11 is 1.57. The summed E-state index contributed by atoms with van der Waals surface area (Å²) in [5, 5.41) is 3.48. The third-order valence-corrected chi connectivity index (χ3v) is 5.47. The molecule has 1 atom stereocenters. The fraction of sp³-hybridized carbons (Fsp3) is 0.412. The summed E-state index contributed by atoms with van der Waals surface area (Å²) in [5.74, 6) is 1.56. The van der Waals surface area contributed by atoms with Crippen LogP contribution in [0.2, 0.25) is 0 Å². The molecule has 1 N–H and O–H groups in total. The summed E-state index contributed by atoms with van der Waals surface area (Å²) in [6.07, 6.45) is 0.903. The monoisotopic (exact) mass is 345 g/mol.